The van der Waals surface area contributed by atoms with Crippen LogP contribution in [0.1, 0.15) is 45.3 Å². The Morgan fingerprint density at radius 1 is 1.45 bits per heavy atom. The van der Waals surface area contributed by atoms with Gasteiger partial charge in [0.25, 0.3) is 0 Å². The fourth-order valence-electron chi connectivity index (χ4n) is 2.24. The van der Waals surface area contributed by atoms with E-state index in [9.17, 15) is 5.11 Å². The molecule has 0 amide bonds. The highest BCUT2D eigenvalue weighted by atomic mass is 127. The molecule has 1 aromatic rings. The summed E-state index contributed by atoms with van der Waals surface area (Å²) in [6.45, 7) is 5.74. The topological polar surface area (TPSA) is 69.8 Å². The van der Waals surface area contributed by atoms with Crippen LogP contribution in [0, 0.1) is 5.92 Å². The molecular weight excluding hydrogens is 393 g/mol. The van der Waals surface area contributed by atoms with Gasteiger partial charge in [-0.2, -0.15) is 0 Å². The van der Waals surface area contributed by atoms with E-state index in [1.807, 2.05) is 6.92 Å². The van der Waals surface area contributed by atoms with Crippen LogP contribution in [0.25, 0.3) is 0 Å². The largest absolute Gasteiger partial charge is 0.466 e. The van der Waals surface area contributed by atoms with E-state index in [1.54, 1.807) is 25.3 Å². The average Bonchev–Trinajstić information content (AvgIpc) is 3.10. The molecule has 1 aliphatic carbocycles. The summed E-state index contributed by atoms with van der Waals surface area (Å²) in [7, 11) is 0. The third-order valence-electron chi connectivity index (χ3n) is 3.72. The van der Waals surface area contributed by atoms with Gasteiger partial charge in [0.2, 0.25) is 0 Å². The molecule has 1 fully saturated rings. The van der Waals surface area contributed by atoms with Gasteiger partial charge in [-0.25, -0.2) is 4.99 Å². The summed E-state index contributed by atoms with van der Waals surface area (Å²) < 4.78 is 5.26. The molecule has 1 atom stereocenters. The van der Waals surface area contributed by atoms with Gasteiger partial charge in [-0.15, -0.1) is 24.0 Å². The van der Waals surface area contributed by atoms with Gasteiger partial charge in [-0.3, -0.25) is 0 Å². The summed E-state index contributed by atoms with van der Waals surface area (Å²) in [6.07, 6.45) is 6.84. The van der Waals surface area contributed by atoms with E-state index in [4.69, 9.17) is 4.42 Å². The number of furan rings is 1. The van der Waals surface area contributed by atoms with Gasteiger partial charge in [0, 0.05) is 13.1 Å². The van der Waals surface area contributed by atoms with Crippen molar-refractivity contribution in [1.82, 2.24) is 10.6 Å². The van der Waals surface area contributed by atoms with Crippen molar-refractivity contribution in [2.24, 2.45) is 10.9 Å². The monoisotopic (exact) mass is 421 g/mol. The number of nitrogens with zero attached hydrogens (tertiary/aromatic N) is 1. The number of guanidine groups is 1. The maximum Gasteiger partial charge on any atom is 0.191 e. The Kier molecular flexibility index (Phi) is 8.24. The van der Waals surface area contributed by atoms with Crippen LogP contribution in [-0.4, -0.2) is 30.7 Å². The smallest absolute Gasteiger partial charge is 0.191 e. The summed E-state index contributed by atoms with van der Waals surface area (Å²) in [4.78, 5) is 4.46. The minimum atomic E-state index is -1.08. The van der Waals surface area contributed by atoms with Crippen molar-refractivity contribution in [2.45, 2.75) is 45.1 Å². The molecule has 0 spiro atoms. The fraction of sp³-hybridized carbons (Fsp3) is 0.688. The molecule has 2 rings (SSSR count). The predicted molar refractivity (Wildman–Crippen MR) is 99.6 cm³/mol. The van der Waals surface area contributed by atoms with Gasteiger partial charge in [0.05, 0.1) is 12.8 Å². The molecule has 3 N–H and O–H groups in total. The van der Waals surface area contributed by atoms with Crippen molar-refractivity contribution in [3.63, 3.8) is 0 Å². The normalized spacial score (nSPS) is 17.5. The Balaban J connectivity index is 0.00000242. The number of hydrogen-bond acceptors (Lipinski definition) is 3. The maximum absolute atomic E-state index is 10.4. The average molecular weight is 421 g/mol. The lowest BCUT2D eigenvalue weighted by atomic mass is 10.0. The van der Waals surface area contributed by atoms with Crippen LogP contribution in [0.4, 0.5) is 0 Å². The second-order valence-electron chi connectivity index (χ2n) is 5.96. The zero-order valence-electron chi connectivity index (χ0n) is 13.5. The number of nitrogens with one attached hydrogen (secondary N) is 2. The Hall–Kier alpha value is -0.760. The Morgan fingerprint density at radius 3 is 2.82 bits per heavy atom. The molecule has 0 saturated heterocycles. The second kappa shape index (κ2) is 9.39. The van der Waals surface area contributed by atoms with Crippen molar-refractivity contribution in [1.29, 1.82) is 0 Å². The highest BCUT2D eigenvalue weighted by Crippen LogP contribution is 2.33. The van der Waals surface area contributed by atoms with Crippen LogP contribution in [0.15, 0.2) is 27.8 Å². The molecule has 0 bridgehead atoms. The maximum atomic E-state index is 10.4. The van der Waals surface area contributed by atoms with Gasteiger partial charge in [0.1, 0.15) is 11.4 Å². The molecule has 126 valence electrons. The van der Waals surface area contributed by atoms with E-state index in [2.05, 4.69) is 15.6 Å². The van der Waals surface area contributed by atoms with Crippen LogP contribution in [0.5, 0.6) is 0 Å². The third kappa shape index (κ3) is 6.56. The molecule has 0 aromatic carbocycles. The summed E-state index contributed by atoms with van der Waals surface area (Å²) in [5.41, 5.74) is -1.08. The minimum Gasteiger partial charge on any atom is -0.466 e. The first kappa shape index (κ1) is 19.3. The molecule has 1 heterocycles. The molecule has 0 aliphatic heterocycles. The molecule has 1 aliphatic rings. The van der Waals surface area contributed by atoms with Crippen LogP contribution >= 0.6 is 24.0 Å². The van der Waals surface area contributed by atoms with Gasteiger partial charge in [-0.1, -0.05) is 12.8 Å². The number of aliphatic hydroxyl groups is 1. The zero-order chi connectivity index (χ0) is 15.1. The zero-order valence-corrected chi connectivity index (χ0v) is 15.8. The van der Waals surface area contributed by atoms with Gasteiger partial charge < -0.3 is 20.2 Å². The first-order chi connectivity index (χ1) is 10.1. The lowest BCUT2D eigenvalue weighted by molar-refractivity contribution is 0.0437. The molecule has 6 heteroatoms. The van der Waals surface area contributed by atoms with Crippen molar-refractivity contribution in [2.75, 3.05) is 19.6 Å². The van der Waals surface area contributed by atoms with E-state index in [-0.39, 0.29) is 30.5 Å². The summed E-state index contributed by atoms with van der Waals surface area (Å²) in [5.74, 6) is 2.25. The predicted octanol–water partition coefficient (Wildman–Crippen LogP) is 2.85. The number of halogens is 1. The van der Waals surface area contributed by atoms with E-state index in [1.165, 1.54) is 25.7 Å². The summed E-state index contributed by atoms with van der Waals surface area (Å²) in [5, 5.41) is 16.9. The Labute approximate surface area is 150 Å². The van der Waals surface area contributed by atoms with E-state index in [0.717, 1.165) is 25.0 Å². The SMILES string of the molecule is CCNC(=NCC(C)(O)c1ccco1)NCCCC1CC1.I. The summed E-state index contributed by atoms with van der Waals surface area (Å²) in [6, 6.07) is 3.54. The van der Waals surface area contributed by atoms with Crippen LogP contribution in [0.2, 0.25) is 0 Å². The fourth-order valence-corrected chi connectivity index (χ4v) is 2.24. The number of aliphatic imine (C=N–C) groups is 1. The second-order valence-corrected chi connectivity index (χ2v) is 5.96. The first-order valence-corrected chi connectivity index (χ1v) is 7.90. The number of hydrogen-bond donors (Lipinski definition) is 3. The van der Waals surface area contributed by atoms with Gasteiger partial charge in [0.15, 0.2) is 5.96 Å². The molecule has 0 radical (unpaired) electrons. The van der Waals surface area contributed by atoms with E-state index >= 15 is 0 Å². The molecule has 1 aromatic heterocycles. The Morgan fingerprint density at radius 2 is 2.23 bits per heavy atom. The van der Waals surface area contributed by atoms with Crippen molar-refractivity contribution in [3.8, 4) is 0 Å². The standard InChI is InChI=1S/C16H27N3O2.HI/c1-3-17-15(18-10-4-6-13-8-9-13)19-12-16(2,20)14-7-5-11-21-14;/h5,7,11,13,20H,3-4,6,8-10,12H2,1-2H3,(H2,17,18,19);1H. The van der Waals surface area contributed by atoms with Gasteiger partial charge in [-0.05, 0) is 44.7 Å². The Bertz CT molecular complexity index is 442. The van der Waals surface area contributed by atoms with Crippen molar-refractivity contribution >= 4 is 29.9 Å². The van der Waals surface area contributed by atoms with Crippen molar-refractivity contribution in [3.05, 3.63) is 24.2 Å². The minimum absolute atomic E-state index is 0. The van der Waals surface area contributed by atoms with E-state index in [0.29, 0.717) is 5.76 Å². The molecule has 1 saturated carbocycles. The lowest BCUT2D eigenvalue weighted by Gasteiger charge is -2.19. The molecule has 5 nitrogen and oxygen atoms in total. The van der Waals surface area contributed by atoms with Crippen LogP contribution in [-0.2, 0) is 5.60 Å². The molecule has 22 heavy (non-hydrogen) atoms. The third-order valence-corrected chi connectivity index (χ3v) is 3.72. The number of rotatable bonds is 8. The lowest BCUT2D eigenvalue weighted by Crippen LogP contribution is -2.39. The summed E-state index contributed by atoms with van der Waals surface area (Å²) >= 11 is 0. The van der Waals surface area contributed by atoms with Gasteiger partial charge >= 0.3 is 0 Å². The highest BCUT2D eigenvalue weighted by Gasteiger charge is 2.26. The van der Waals surface area contributed by atoms with E-state index < -0.39 is 5.60 Å². The van der Waals surface area contributed by atoms with Crippen LogP contribution in [0.3, 0.4) is 0 Å². The highest BCUT2D eigenvalue weighted by molar-refractivity contribution is 14.0. The molecular formula is C16H28IN3O2. The van der Waals surface area contributed by atoms with Crippen LogP contribution < -0.4 is 10.6 Å². The first-order valence-electron chi connectivity index (χ1n) is 7.90. The van der Waals surface area contributed by atoms with Crippen molar-refractivity contribution < 1.29 is 9.52 Å². The quantitative estimate of drug-likeness (QED) is 0.261. The molecule has 1 unspecified atom stereocenters.